The minimum absolute atomic E-state index is 0.00519. The van der Waals surface area contributed by atoms with Gasteiger partial charge >= 0.3 is 0 Å². The van der Waals surface area contributed by atoms with E-state index >= 15 is 0 Å². The standard InChI is InChI=1S/C10H14N2O2S/c13-5-8-2-1-3-12(4-8)10(14)9-6-15-7-11-9/h6-8,13H,1-5H2. The number of hydrogen-bond donors (Lipinski definition) is 1. The Morgan fingerprint density at radius 1 is 1.73 bits per heavy atom. The van der Waals surface area contributed by atoms with E-state index in [0.717, 1.165) is 19.4 Å². The Balaban J connectivity index is 2.01. The van der Waals surface area contributed by atoms with Gasteiger partial charge in [0.15, 0.2) is 0 Å². The first-order valence-electron chi connectivity index (χ1n) is 5.09. The molecule has 1 aromatic rings. The molecule has 1 aliphatic heterocycles. The number of aliphatic hydroxyl groups is 1. The fraction of sp³-hybridized carbons (Fsp3) is 0.600. The molecule has 1 aromatic heterocycles. The van der Waals surface area contributed by atoms with Crippen LogP contribution < -0.4 is 0 Å². The van der Waals surface area contributed by atoms with Gasteiger partial charge in [-0.05, 0) is 18.8 Å². The highest BCUT2D eigenvalue weighted by Crippen LogP contribution is 2.17. The average molecular weight is 226 g/mol. The molecule has 1 aliphatic rings. The number of amides is 1. The molecule has 0 spiro atoms. The molecule has 1 amide bonds. The molecule has 2 heterocycles. The number of carbonyl (C=O) groups excluding carboxylic acids is 1. The third-order valence-corrected chi connectivity index (χ3v) is 3.30. The van der Waals surface area contributed by atoms with Crippen LogP contribution in [0.15, 0.2) is 10.9 Å². The van der Waals surface area contributed by atoms with Crippen LogP contribution in [-0.4, -0.2) is 40.6 Å². The predicted molar refractivity (Wildman–Crippen MR) is 57.8 cm³/mol. The van der Waals surface area contributed by atoms with Crippen molar-refractivity contribution in [2.45, 2.75) is 12.8 Å². The molecule has 1 atom stereocenters. The maximum absolute atomic E-state index is 11.9. The number of nitrogens with zero attached hydrogens (tertiary/aromatic N) is 2. The molecule has 0 aliphatic carbocycles. The Morgan fingerprint density at radius 3 is 3.27 bits per heavy atom. The second-order valence-electron chi connectivity index (χ2n) is 3.82. The molecule has 82 valence electrons. The number of rotatable bonds is 2. The number of thiazole rings is 1. The number of aromatic nitrogens is 1. The SMILES string of the molecule is O=C(c1cscn1)N1CCCC(CO)C1. The van der Waals surface area contributed by atoms with Crippen LogP contribution in [0.25, 0.3) is 0 Å². The summed E-state index contributed by atoms with van der Waals surface area (Å²) in [6, 6.07) is 0. The molecule has 1 fully saturated rings. The van der Waals surface area contributed by atoms with Crippen LogP contribution >= 0.6 is 11.3 Å². The van der Waals surface area contributed by atoms with E-state index < -0.39 is 0 Å². The Kier molecular flexibility index (Phi) is 3.33. The van der Waals surface area contributed by atoms with Crippen LogP contribution in [0, 0.1) is 5.92 Å². The van der Waals surface area contributed by atoms with E-state index in [4.69, 9.17) is 5.11 Å². The summed E-state index contributed by atoms with van der Waals surface area (Å²) in [5.41, 5.74) is 2.19. The minimum atomic E-state index is -0.00519. The number of hydrogen-bond acceptors (Lipinski definition) is 4. The quantitative estimate of drug-likeness (QED) is 0.818. The summed E-state index contributed by atoms with van der Waals surface area (Å²) in [6.45, 7) is 1.61. The van der Waals surface area contributed by atoms with Gasteiger partial charge in [-0.2, -0.15) is 0 Å². The zero-order valence-corrected chi connectivity index (χ0v) is 9.24. The Labute approximate surface area is 92.6 Å². The smallest absolute Gasteiger partial charge is 0.273 e. The molecule has 0 radical (unpaired) electrons. The summed E-state index contributed by atoms with van der Waals surface area (Å²) in [5, 5.41) is 10.8. The second-order valence-corrected chi connectivity index (χ2v) is 4.53. The summed E-state index contributed by atoms with van der Waals surface area (Å²) in [7, 11) is 0. The molecule has 15 heavy (non-hydrogen) atoms. The van der Waals surface area contributed by atoms with E-state index in [0.29, 0.717) is 12.2 Å². The third kappa shape index (κ3) is 2.35. The number of piperidine rings is 1. The van der Waals surface area contributed by atoms with Crippen molar-refractivity contribution in [1.82, 2.24) is 9.88 Å². The van der Waals surface area contributed by atoms with Gasteiger partial charge < -0.3 is 10.0 Å². The molecule has 5 heteroatoms. The van der Waals surface area contributed by atoms with Gasteiger partial charge in [-0.1, -0.05) is 0 Å². The summed E-state index contributed by atoms with van der Waals surface area (Å²) in [6.07, 6.45) is 1.98. The number of likely N-dealkylation sites (tertiary alicyclic amines) is 1. The molecule has 0 saturated carbocycles. The van der Waals surface area contributed by atoms with Gasteiger partial charge in [0.25, 0.3) is 5.91 Å². The molecule has 0 aromatic carbocycles. The Hall–Kier alpha value is -0.940. The molecular formula is C10H14N2O2S. The van der Waals surface area contributed by atoms with Gasteiger partial charge in [-0.25, -0.2) is 4.98 Å². The van der Waals surface area contributed by atoms with Crippen molar-refractivity contribution in [1.29, 1.82) is 0 Å². The first-order chi connectivity index (χ1) is 7.31. The average Bonchev–Trinajstić information content (AvgIpc) is 2.81. The van der Waals surface area contributed by atoms with Gasteiger partial charge in [-0.3, -0.25) is 4.79 Å². The molecule has 4 nitrogen and oxygen atoms in total. The summed E-state index contributed by atoms with van der Waals surface area (Å²) < 4.78 is 0. The molecule has 1 N–H and O–H groups in total. The van der Waals surface area contributed by atoms with E-state index in [2.05, 4.69) is 4.98 Å². The number of aliphatic hydroxyl groups excluding tert-OH is 1. The normalized spacial score (nSPS) is 21.7. The topological polar surface area (TPSA) is 53.4 Å². The lowest BCUT2D eigenvalue weighted by Gasteiger charge is -2.31. The fourth-order valence-corrected chi connectivity index (χ4v) is 2.40. The molecule has 0 bridgehead atoms. The Morgan fingerprint density at radius 2 is 2.60 bits per heavy atom. The summed E-state index contributed by atoms with van der Waals surface area (Å²) in [5.74, 6) is 0.232. The highest BCUT2D eigenvalue weighted by atomic mass is 32.1. The monoisotopic (exact) mass is 226 g/mol. The van der Waals surface area contributed by atoms with Crippen LogP contribution in [-0.2, 0) is 0 Å². The predicted octanol–water partition coefficient (Wildman–Crippen LogP) is 0.988. The van der Waals surface area contributed by atoms with Crippen molar-refractivity contribution in [2.24, 2.45) is 5.92 Å². The first kappa shape index (κ1) is 10.6. The van der Waals surface area contributed by atoms with Crippen molar-refractivity contribution in [2.75, 3.05) is 19.7 Å². The lowest BCUT2D eigenvalue weighted by Crippen LogP contribution is -2.41. The van der Waals surface area contributed by atoms with Crippen LogP contribution in [0.4, 0.5) is 0 Å². The van der Waals surface area contributed by atoms with E-state index in [1.807, 2.05) is 0 Å². The van der Waals surface area contributed by atoms with E-state index in [1.54, 1.807) is 15.8 Å². The van der Waals surface area contributed by atoms with Crippen LogP contribution in [0.1, 0.15) is 23.3 Å². The fourth-order valence-electron chi connectivity index (χ4n) is 1.88. The van der Waals surface area contributed by atoms with Gasteiger partial charge in [0.05, 0.1) is 5.51 Å². The zero-order valence-electron chi connectivity index (χ0n) is 8.43. The first-order valence-corrected chi connectivity index (χ1v) is 6.04. The van der Waals surface area contributed by atoms with Gasteiger partial charge in [0, 0.05) is 25.1 Å². The highest BCUT2D eigenvalue weighted by Gasteiger charge is 2.24. The molecule has 1 unspecified atom stereocenters. The lowest BCUT2D eigenvalue weighted by atomic mass is 9.99. The summed E-state index contributed by atoms with van der Waals surface area (Å²) in [4.78, 5) is 17.7. The van der Waals surface area contributed by atoms with Crippen LogP contribution in [0.5, 0.6) is 0 Å². The minimum Gasteiger partial charge on any atom is -0.396 e. The van der Waals surface area contributed by atoms with E-state index in [9.17, 15) is 4.79 Å². The number of carbonyl (C=O) groups is 1. The largest absolute Gasteiger partial charge is 0.396 e. The third-order valence-electron chi connectivity index (χ3n) is 2.72. The van der Waals surface area contributed by atoms with Crippen LogP contribution in [0.2, 0.25) is 0 Å². The van der Waals surface area contributed by atoms with E-state index in [1.165, 1.54) is 11.3 Å². The van der Waals surface area contributed by atoms with E-state index in [-0.39, 0.29) is 18.4 Å². The summed E-state index contributed by atoms with van der Waals surface area (Å²) >= 11 is 1.43. The Bertz CT molecular complexity index is 326. The van der Waals surface area contributed by atoms with Crippen molar-refractivity contribution < 1.29 is 9.90 Å². The highest BCUT2D eigenvalue weighted by molar-refractivity contribution is 7.07. The van der Waals surface area contributed by atoms with Gasteiger partial charge in [-0.15, -0.1) is 11.3 Å². The van der Waals surface area contributed by atoms with Crippen molar-refractivity contribution in [3.63, 3.8) is 0 Å². The van der Waals surface area contributed by atoms with Crippen molar-refractivity contribution in [3.05, 3.63) is 16.6 Å². The van der Waals surface area contributed by atoms with Crippen molar-refractivity contribution >= 4 is 17.2 Å². The maximum Gasteiger partial charge on any atom is 0.273 e. The maximum atomic E-state index is 11.9. The molecule has 2 rings (SSSR count). The van der Waals surface area contributed by atoms with Gasteiger partial charge in [0.1, 0.15) is 5.69 Å². The van der Waals surface area contributed by atoms with Crippen LogP contribution in [0.3, 0.4) is 0 Å². The van der Waals surface area contributed by atoms with Crippen molar-refractivity contribution in [3.8, 4) is 0 Å². The molecular weight excluding hydrogens is 212 g/mol. The zero-order chi connectivity index (χ0) is 10.7. The van der Waals surface area contributed by atoms with Gasteiger partial charge in [0.2, 0.25) is 0 Å². The lowest BCUT2D eigenvalue weighted by molar-refractivity contribution is 0.0616. The molecule has 1 saturated heterocycles. The second kappa shape index (κ2) is 4.72.